The van der Waals surface area contributed by atoms with Gasteiger partial charge < -0.3 is 5.32 Å². The van der Waals surface area contributed by atoms with E-state index in [0.29, 0.717) is 5.13 Å². The van der Waals surface area contributed by atoms with Gasteiger partial charge in [-0.25, -0.2) is 18.1 Å². The van der Waals surface area contributed by atoms with Gasteiger partial charge in [-0.2, -0.15) is 0 Å². The van der Waals surface area contributed by atoms with Gasteiger partial charge in [-0.05, 0) is 26.2 Å². The number of sulfonamides is 1. The molecule has 1 amide bonds. The number of nitrogens with zero attached hydrogens (tertiary/aromatic N) is 1. The lowest BCUT2D eigenvalue weighted by Gasteiger charge is -2.10. The van der Waals surface area contributed by atoms with Gasteiger partial charge in [-0.3, -0.25) is 4.79 Å². The molecule has 1 aromatic rings. The van der Waals surface area contributed by atoms with Gasteiger partial charge in [0.2, 0.25) is 15.9 Å². The fourth-order valence-corrected chi connectivity index (χ4v) is 3.63. The van der Waals surface area contributed by atoms with Crippen LogP contribution in [-0.2, 0) is 27.7 Å². The van der Waals surface area contributed by atoms with Crippen molar-refractivity contribution < 1.29 is 13.2 Å². The van der Waals surface area contributed by atoms with Gasteiger partial charge in [-0.1, -0.05) is 0 Å². The fourth-order valence-electron chi connectivity index (χ4n) is 1.83. The molecule has 8 heteroatoms. The monoisotopic (exact) mass is 289 g/mol. The second kappa shape index (κ2) is 4.94. The highest BCUT2D eigenvalue weighted by molar-refractivity contribution is 7.88. The molecule has 0 saturated carbocycles. The number of carbonyl (C=O) groups is 1. The fraction of sp³-hybridized carbons (Fsp3) is 0.600. The summed E-state index contributed by atoms with van der Waals surface area (Å²) in [7, 11) is -3.38. The Morgan fingerprint density at radius 3 is 2.78 bits per heavy atom. The number of fused-ring (bicyclic) bond motifs is 1. The predicted molar refractivity (Wildman–Crippen MR) is 70.2 cm³/mol. The maximum absolute atomic E-state index is 11.7. The van der Waals surface area contributed by atoms with Crippen molar-refractivity contribution in [3.05, 3.63) is 10.6 Å². The van der Waals surface area contributed by atoms with Crippen LogP contribution in [0.1, 0.15) is 23.9 Å². The summed E-state index contributed by atoms with van der Waals surface area (Å²) in [6, 6.07) is -0.807. The molecule has 6 nitrogen and oxygen atoms in total. The maximum Gasteiger partial charge on any atom is 0.244 e. The van der Waals surface area contributed by atoms with Crippen molar-refractivity contribution >= 4 is 32.4 Å². The van der Waals surface area contributed by atoms with E-state index < -0.39 is 22.0 Å². The van der Waals surface area contributed by atoms with E-state index in [1.54, 1.807) is 0 Å². The van der Waals surface area contributed by atoms with E-state index in [0.717, 1.165) is 31.2 Å². The van der Waals surface area contributed by atoms with Crippen LogP contribution in [0.4, 0.5) is 5.13 Å². The molecule has 100 valence electrons. The summed E-state index contributed by atoms with van der Waals surface area (Å²) in [4.78, 5) is 17.3. The molecule has 0 aliphatic heterocycles. The van der Waals surface area contributed by atoms with E-state index in [1.807, 2.05) is 0 Å². The molecular weight excluding hydrogens is 274 g/mol. The van der Waals surface area contributed by atoms with Crippen molar-refractivity contribution in [1.29, 1.82) is 0 Å². The quantitative estimate of drug-likeness (QED) is 0.845. The smallest absolute Gasteiger partial charge is 0.244 e. The molecule has 0 aromatic carbocycles. The van der Waals surface area contributed by atoms with Crippen LogP contribution in [0.3, 0.4) is 0 Å². The van der Waals surface area contributed by atoms with E-state index in [-0.39, 0.29) is 0 Å². The van der Waals surface area contributed by atoms with Gasteiger partial charge in [-0.15, -0.1) is 11.3 Å². The summed E-state index contributed by atoms with van der Waals surface area (Å²) >= 11 is 1.47. The number of anilines is 1. The van der Waals surface area contributed by atoms with Gasteiger partial charge in [0.1, 0.15) is 0 Å². The maximum atomic E-state index is 11.7. The molecule has 1 atom stereocenters. The van der Waals surface area contributed by atoms with Crippen LogP contribution in [0.25, 0.3) is 0 Å². The molecule has 1 aliphatic carbocycles. The van der Waals surface area contributed by atoms with Crippen molar-refractivity contribution in [3.63, 3.8) is 0 Å². The lowest BCUT2D eigenvalue weighted by Crippen LogP contribution is -2.40. The second-order valence-corrected chi connectivity index (χ2v) is 7.21. The van der Waals surface area contributed by atoms with Crippen molar-refractivity contribution in [3.8, 4) is 0 Å². The summed E-state index contributed by atoms with van der Waals surface area (Å²) in [5.74, 6) is -0.396. The molecule has 0 unspecified atom stereocenters. The molecule has 1 heterocycles. The van der Waals surface area contributed by atoms with E-state index in [2.05, 4.69) is 15.0 Å². The molecule has 0 fully saturated rings. The number of rotatable bonds is 4. The van der Waals surface area contributed by atoms with E-state index in [9.17, 15) is 13.2 Å². The van der Waals surface area contributed by atoms with Gasteiger partial charge in [0.05, 0.1) is 18.0 Å². The SMILES string of the molecule is C[C@@H](NS(C)(=O)=O)C(=O)Nc1nc2c(s1)CCC2. The molecule has 0 saturated heterocycles. The van der Waals surface area contributed by atoms with Crippen LogP contribution >= 0.6 is 11.3 Å². The third-order valence-corrected chi connectivity index (χ3v) is 4.46. The van der Waals surface area contributed by atoms with Crippen LogP contribution in [-0.4, -0.2) is 31.6 Å². The minimum absolute atomic E-state index is 0.396. The highest BCUT2D eigenvalue weighted by Crippen LogP contribution is 2.30. The number of hydrogen-bond acceptors (Lipinski definition) is 5. The third-order valence-electron chi connectivity index (χ3n) is 2.61. The molecule has 0 bridgehead atoms. The Balaban J connectivity index is 1.98. The Hall–Kier alpha value is -0.990. The molecule has 1 aliphatic rings. The van der Waals surface area contributed by atoms with Crippen molar-refractivity contribution in [2.45, 2.75) is 32.2 Å². The topological polar surface area (TPSA) is 88.2 Å². The number of aromatic nitrogens is 1. The van der Waals surface area contributed by atoms with E-state index >= 15 is 0 Å². The molecule has 0 radical (unpaired) electrons. The van der Waals surface area contributed by atoms with E-state index in [4.69, 9.17) is 0 Å². The summed E-state index contributed by atoms with van der Waals surface area (Å²) < 4.78 is 24.2. The Kier molecular flexibility index (Phi) is 3.69. The standard InChI is InChI=1S/C10H15N3O3S2/c1-6(13-18(2,15)16)9(14)12-10-11-7-4-3-5-8(7)17-10/h6,13H,3-5H2,1-2H3,(H,11,12,14)/t6-/m1/s1. The van der Waals surface area contributed by atoms with Crippen LogP contribution in [0.5, 0.6) is 0 Å². The first kappa shape index (κ1) is 13.4. The van der Waals surface area contributed by atoms with Crippen molar-refractivity contribution in [1.82, 2.24) is 9.71 Å². The minimum atomic E-state index is -3.38. The minimum Gasteiger partial charge on any atom is -0.301 e. The molecule has 0 spiro atoms. The third kappa shape index (κ3) is 3.27. The number of thiazole rings is 1. The number of aryl methyl sites for hydroxylation is 2. The highest BCUT2D eigenvalue weighted by Gasteiger charge is 2.21. The van der Waals surface area contributed by atoms with E-state index in [1.165, 1.54) is 23.1 Å². The summed E-state index contributed by atoms with van der Waals surface area (Å²) in [5, 5.41) is 3.18. The summed E-state index contributed by atoms with van der Waals surface area (Å²) in [5.41, 5.74) is 1.05. The number of amides is 1. The zero-order chi connectivity index (χ0) is 13.3. The van der Waals surface area contributed by atoms with Gasteiger partial charge in [0, 0.05) is 4.88 Å². The van der Waals surface area contributed by atoms with Crippen LogP contribution in [0, 0.1) is 0 Å². The predicted octanol–water partition coefficient (Wildman–Crippen LogP) is 0.508. The van der Waals surface area contributed by atoms with Gasteiger partial charge in [0.25, 0.3) is 0 Å². The first-order valence-corrected chi connectivity index (χ1v) is 8.33. The van der Waals surface area contributed by atoms with Crippen molar-refractivity contribution in [2.75, 3.05) is 11.6 Å². The molecule has 2 rings (SSSR count). The average molecular weight is 289 g/mol. The molecular formula is C10H15N3O3S2. The Bertz CT molecular complexity index is 543. The summed E-state index contributed by atoms with van der Waals surface area (Å²) in [6.07, 6.45) is 4.11. The van der Waals surface area contributed by atoms with Crippen LogP contribution in [0.15, 0.2) is 0 Å². The molecule has 18 heavy (non-hydrogen) atoms. The average Bonchev–Trinajstić information content (AvgIpc) is 2.74. The molecule has 2 N–H and O–H groups in total. The lowest BCUT2D eigenvalue weighted by molar-refractivity contribution is -0.117. The second-order valence-electron chi connectivity index (χ2n) is 4.34. The Morgan fingerprint density at radius 2 is 2.17 bits per heavy atom. The first-order chi connectivity index (χ1) is 8.35. The Morgan fingerprint density at radius 1 is 1.44 bits per heavy atom. The van der Waals surface area contributed by atoms with Gasteiger partial charge >= 0.3 is 0 Å². The number of nitrogens with one attached hydrogen (secondary N) is 2. The first-order valence-electron chi connectivity index (χ1n) is 5.62. The normalized spacial score (nSPS) is 16.3. The highest BCUT2D eigenvalue weighted by atomic mass is 32.2. The zero-order valence-electron chi connectivity index (χ0n) is 10.2. The van der Waals surface area contributed by atoms with Gasteiger partial charge in [0.15, 0.2) is 5.13 Å². The van der Waals surface area contributed by atoms with Crippen LogP contribution in [0.2, 0.25) is 0 Å². The largest absolute Gasteiger partial charge is 0.301 e. The van der Waals surface area contributed by atoms with Crippen LogP contribution < -0.4 is 10.0 Å². The molecule has 1 aromatic heterocycles. The number of carbonyl (C=O) groups excluding carboxylic acids is 1. The summed E-state index contributed by atoms with van der Waals surface area (Å²) in [6.45, 7) is 1.50. The van der Waals surface area contributed by atoms with Crippen molar-refractivity contribution in [2.24, 2.45) is 0 Å². The number of hydrogen-bond donors (Lipinski definition) is 2. The zero-order valence-corrected chi connectivity index (χ0v) is 11.8. The Labute approximate surface area is 110 Å². The lowest BCUT2D eigenvalue weighted by atomic mass is 10.3.